The van der Waals surface area contributed by atoms with Crippen molar-refractivity contribution in [2.24, 2.45) is 5.73 Å². The summed E-state index contributed by atoms with van der Waals surface area (Å²) in [6.07, 6.45) is 0. The van der Waals surface area contributed by atoms with Gasteiger partial charge in [0.2, 0.25) is 5.91 Å². The maximum absolute atomic E-state index is 12.9. The Morgan fingerprint density at radius 2 is 1.52 bits per heavy atom. The second-order valence-corrected chi connectivity index (χ2v) is 4.99. The van der Waals surface area contributed by atoms with E-state index in [9.17, 15) is 9.18 Å². The van der Waals surface area contributed by atoms with Crippen molar-refractivity contribution in [3.63, 3.8) is 0 Å². The molecule has 4 heteroatoms. The zero-order chi connectivity index (χ0) is 16.2. The summed E-state index contributed by atoms with van der Waals surface area (Å²) < 4.78 is 18.7. The fraction of sp³-hybridized carbons (Fsp3) is 0. The van der Waals surface area contributed by atoms with Crippen molar-refractivity contribution < 1.29 is 13.9 Å². The first kappa shape index (κ1) is 14.8. The molecule has 114 valence electrons. The Labute approximate surface area is 133 Å². The molecule has 0 radical (unpaired) electrons. The number of rotatable bonds is 4. The Bertz CT molecular complexity index is 830. The van der Waals surface area contributed by atoms with Crippen molar-refractivity contribution in [2.75, 3.05) is 0 Å². The fourth-order valence-corrected chi connectivity index (χ4v) is 2.30. The van der Waals surface area contributed by atoms with E-state index in [0.717, 1.165) is 5.56 Å². The van der Waals surface area contributed by atoms with Crippen molar-refractivity contribution in [2.45, 2.75) is 0 Å². The minimum absolute atomic E-state index is 0.327. The number of hydrogen-bond acceptors (Lipinski definition) is 2. The van der Waals surface area contributed by atoms with Crippen molar-refractivity contribution in [1.82, 2.24) is 0 Å². The van der Waals surface area contributed by atoms with Crippen LogP contribution < -0.4 is 10.5 Å². The Morgan fingerprint density at radius 3 is 2.17 bits per heavy atom. The molecule has 0 heterocycles. The van der Waals surface area contributed by atoms with Crippen LogP contribution >= 0.6 is 0 Å². The predicted molar refractivity (Wildman–Crippen MR) is 86.9 cm³/mol. The van der Waals surface area contributed by atoms with E-state index in [0.29, 0.717) is 22.6 Å². The molecule has 3 nitrogen and oxygen atoms in total. The van der Waals surface area contributed by atoms with Gasteiger partial charge in [0.25, 0.3) is 0 Å². The third kappa shape index (κ3) is 3.37. The Kier molecular flexibility index (Phi) is 4.06. The van der Waals surface area contributed by atoms with Crippen LogP contribution in [0.2, 0.25) is 0 Å². The van der Waals surface area contributed by atoms with E-state index < -0.39 is 5.91 Å². The smallest absolute Gasteiger partial charge is 0.249 e. The molecule has 0 aromatic heterocycles. The average Bonchev–Trinajstić information content (AvgIpc) is 2.57. The highest BCUT2D eigenvalue weighted by molar-refractivity contribution is 6.00. The third-order valence-electron chi connectivity index (χ3n) is 3.39. The number of ether oxygens (including phenoxy) is 1. The summed E-state index contributed by atoms with van der Waals surface area (Å²) in [5, 5.41) is 0. The van der Waals surface area contributed by atoms with E-state index >= 15 is 0 Å². The van der Waals surface area contributed by atoms with Gasteiger partial charge >= 0.3 is 0 Å². The molecule has 0 saturated carbocycles. The van der Waals surface area contributed by atoms with Gasteiger partial charge in [-0.05, 0) is 53.6 Å². The van der Waals surface area contributed by atoms with Crippen LogP contribution in [-0.4, -0.2) is 5.91 Å². The van der Waals surface area contributed by atoms with Crippen LogP contribution in [0, 0.1) is 5.82 Å². The van der Waals surface area contributed by atoms with Crippen molar-refractivity contribution in [3.8, 4) is 22.6 Å². The summed E-state index contributed by atoms with van der Waals surface area (Å²) in [6.45, 7) is 0. The number of halogens is 1. The second kappa shape index (κ2) is 6.32. The van der Waals surface area contributed by atoms with Crippen LogP contribution in [0.3, 0.4) is 0 Å². The minimum atomic E-state index is -0.503. The van der Waals surface area contributed by atoms with Gasteiger partial charge in [-0.1, -0.05) is 30.3 Å². The highest BCUT2D eigenvalue weighted by Crippen LogP contribution is 2.30. The van der Waals surface area contributed by atoms with Crippen molar-refractivity contribution >= 4 is 5.91 Å². The Morgan fingerprint density at radius 1 is 0.870 bits per heavy atom. The monoisotopic (exact) mass is 307 g/mol. The molecule has 23 heavy (non-hydrogen) atoms. The number of hydrogen-bond donors (Lipinski definition) is 1. The summed E-state index contributed by atoms with van der Waals surface area (Å²) in [5.74, 6) is 0.223. The minimum Gasteiger partial charge on any atom is -0.457 e. The normalized spacial score (nSPS) is 10.3. The lowest BCUT2D eigenvalue weighted by molar-refractivity contribution is 0.100. The lowest BCUT2D eigenvalue weighted by atomic mass is 9.99. The van der Waals surface area contributed by atoms with Crippen molar-refractivity contribution in [3.05, 3.63) is 84.2 Å². The summed E-state index contributed by atoms with van der Waals surface area (Å²) in [4.78, 5) is 11.6. The van der Waals surface area contributed by atoms with Gasteiger partial charge < -0.3 is 10.5 Å². The van der Waals surface area contributed by atoms with Gasteiger partial charge in [-0.25, -0.2) is 4.39 Å². The molecule has 0 unspecified atom stereocenters. The number of primary amides is 1. The summed E-state index contributed by atoms with van der Waals surface area (Å²) in [7, 11) is 0. The van der Waals surface area contributed by atoms with Gasteiger partial charge in [-0.2, -0.15) is 0 Å². The van der Waals surface area contributed by atoms with Crippen LogP contribution in [-0.2, 0) is 0 Å². The number of amides is 1. The van der Waals surface area contributed by atoms with E-state index in [1.165, 1.54) is 12.1 Å². The van der Waals surface area contributed by atoms with E-state index in [-0.39, 0.29) is 5.82 Å². The molecule has 0 spiro atoms. The number of benzene rings is 3. The van der Waals surface area contributed by atoms with E-state index in [2.05, 4.69) is 0 Å². The van der Waals surface area contributed by atoms with Crippen LogP contribution in [0.25, 0.3) is 11.1 Å². The molecule has 3 rings (SSSR count). The predicted octanol–water partition coefficient (Wildman–Crippen LogP) is 4.38. The quantitative estimate of drug-likeness (QED) is 0.777. The topological polar surface area (TPSA) is 52.3 Å². The van der Waals surface area contributed by atoms with Gasteiger partial charge in [-0.15, -0.1) is 0 Å². The molecule has 3 aromatic carbocycles. The third-order valence-corrected chi connectivity index (χ3v) is 3.39. The van der Waals surface area contributed by atoms with Gasteiger partial charge in [0, 0.05) is 5.56 Å². The second-order valence-electron chi connectivity index (χ2n) is 4.99. The van der Waals surface area contributed by atoms with Crippen molar-refractivity contribution in [1.29, 1.82) is 0 Å². The summed E-state index contributed by atoms with van der Waals surface area (Å²) in [6, 6.07) is 20.2. The maximum atomic E-state index is 12.9. The molecule has 0 aliphatic rings. The molecule has 0 aliphatic carbocycles. The van der Waals surface area contributed by atoms with Crippen LogP contribution in [0.4, 0.5) is 4.39 Å². The van der Waals surface area contributed by atoms with Crippen LogP contribution in [0.1, 0.15) is 10.4 Å². The molecular formula is C19H14FNO2. The molecule has 1 amide bonds. The molecule has 0 atom stereocenters. The summed E-state index contributed by atoms with van der Waals surface area (Å²) >= 11 is 0. The number of nitrogens with two attached hydrogens (primary N) is 1. The van der Waals surface area contributed by atoms with E-state index in [1.54, 1.807) is 30.3 Å². The van der Waals surface area contributed by atoms with E-state index in [4.69, 9.17) is 10.5 Å². The zero-order valence-corrected chi connectivity index (χ0v) is 12.2. The van der Waals surface area contributed by atoms with Gasteiger partial charge in [-0.3, -0.25) is 4.79 Å². The van der Waals surface area contributed by atoms with Crippen LogP contribution in [0.15, 0.2) is 72.8 Å². The fourth-order valence-electron chi connectivity index (χ4n) is 2.30. The first-order valence-corrected chi connectivity index (χ1v) is 7.06. The zero-order valence-electron chi connectivity index (χ0n) is 12.2. The molecule has 2 N–H and O–H groups in total. The highest BCUT2D eigenvalue weighted by atomic mass is 19.1. The van der Waals surface area contributed by atoms with Gasteiger partial charge in [0.15, 0.2) is 0 Å². The molecule has 0 bridgehead atoms. The first-order chi connectivity index (χ1) is 11.1. The van der Waals surface area contributed by atoms with E-state index in [1.807, 2.05) is 30.3 Å². The Hall–Kier alpha value is -3.14. The molecule has 0 fully saturated rings. The lowest BCUT2D eigenvalue weighted by Crippen LogP contribution is -2.12. The average molecular weight is 307 g/mol. The van der Waals surface area contributed by atoms with Crippen LogP contribution in [0.5, 0.6) is 11.5 Å². The largest absolute Gasteiger partial charge is 0.457 e. The molecule has 0 saturated heterocycles. The summed E-state index contributed by atoms with van der Waals surface area (Å²) in [5.41, 5.74) is 7.43. The Balaban J connectivity index is 2.00. The van der Waals surface area contributed by atoms with Gasteiger partial charge in [0.05, 0.1) is 0 Å². The maximum Gasteiger partial charge on any atom is 0.249 e. The number of carbonyl (C=O) groups excluding carboxylic acids is 1. The number of carbonyl (C=O) groups is 1. The molecule has 3 aromatic rings. The highest BCUT2D eigenvalue weighted by Gasteiger charge is 2.11. The molecule has 0 aliphatic heterocycles. The van der Waals surface area contributed by atoms with Gasteiger partial charge in [0.1, 0.15) is 17.3 Å². The lowest BCUT2D eigenvalue weighted by Gasteiger charge is -2.11. The first-order valence-electron chi connectivity index (χ1n) is 7.06. The SMILES string of the molecule is NC(=O)c1ccc(Oc2ccc(F)cc2)cc1-c1ccccc1. The molecular weight excluding hydrogens is 293 g/mol. The standard InChI is InChI=1S/C19H14FNO2/c20-14-6-8-15(9-7-14)23-16-10-11-17(19(21)22)18(12-16)13-4-2-1-3-5-13/h1-12H,(H2,21,22).